The van der Waals surface area contributed by atoms with Crippen LogP contribution in [0, 0.1) is 0 Å². The molecule has 0 saturated heterocycles. The van der Waals surface area contributed by atoms with Gasteiger partial charge in [-0.2, -0.15) is 0 Å². The Hall–Kier alpha value is 0.114. The topological polar surface area (TPSA) is 107 Å². The van der Waals surface area contributed by atoms with Gasteiger partial charge in [0.25, 0.3) is 0 Å². The van der Waals surface area contributed by atoms with Crippen LogP contribution in [0.2, 0.25) is 11.1 Å². The van der Waals surface area contributed by atoms with Crippen molar-refractivity contribution in [3.63, 3.8) is 0 Å². The average Bonchev–Trinajstić information content (AvgIpc) is 2.90. The highest BCUT2D eigenvalue weighted by atomic mass is 28.4. The van der Waals surface area contributed by atoms with E-state index in [1.165, 1.54) is 0 Å². The predicted molar refractivity (Wildman–Crippen MR) is 153 cm³/mol. The minimum Gasteiger partial charge on any atom is -0.373 e. The van der Waals surface area contributed by atoms with E-state index < -0.39 is 23.1 Å². The molecule has 0 aromatic carbocycles. The number of hydrogen-bond donors (Lipinski definition) is 2. The van der Waals surface area contributed by atoms with Gasteiger partial charge in [0.1, 0.15) is 0 Å². The Labute approximate surface area is 225 Å². The minimum absolute atomic E-state index is 0.225. The molecule has 2 unspecified atom stereocenters. The Morgan fingerprint density at radius 2 is 0.722 bits per heavy atom. The second kappa shape index (κ2) is 20.1. The highest BCUT2D eigenvalue weighted by Crippen LogP contribution is 2.49. The summed E-state index contributed by atoms with van der Waals surface area (Å²) in [7, 11) is -6.49. The Bertz CT molecular complexity index is 449. The van der Waals surface area contributed by atoms with Crippen molar-refractivity contribution in [2.24, 2.45) is 11.5 Å². The van der Waals surface area contributed by atoms with Crippen LogP contribution in [-0.4, -0.2) is 69.3 Å². The Morgan fingerprint density at radius 1 is 0.500 bits per heavy atom. The van der Waals surface area contributed by atoms with Crippen LogP contribution in [0.15, 0.2) is 0 Å². The van der Waals surface area contributed by atoms with Gasteiger partial charge in [-0.15, -0.1) is 0 Å². The van der Waals surface area contributed by atoms with Gasteiger partial charge in [-0.25, -0.2) is 0 Å². The van der Waals surface area contributed by atoms with E-state index in [1.807, 2.05) is 0 Å². The molecular weight excluding hydrogens is 492 g/mol. The summed E-state index contributed by atoms with van der Waals surface area (Å²) in [5.41, 5.74) is 12.7. The van der Waals surface area contributed by atoms with E-state index in [1.54, 1.807) is 0 Å². The Morgan fingerprint density at radius 3 is 0.861 bits per heavy atom. The molecule has 0 rings (SSSR count). The van der Waals surface area contributed by atoms with E-state index in [0.717, 1.165) is 38.5 Å². The van der Waals surface area contributed by atoms with Crippen LogP contribution < -0.4 is 11.5 Å². The summed E-state index contributed by atoms with van der Waals surface area (Å²) in [6.07, 6.45) is 6.63. The molecule has 0 aliphatic heterocycles. The molecule has 0 bridgehead atoms. The molecule has 2 atom stereocenters. The largest absolute Gasteiger partial charge is 0.506 e. The molecule has 8 nitrogen and oxygen atoms in total. The molecule has 0 aliphatic carbocycles. The molecular formula is C26H60N2O6Si2. The highest BCUT2D eigenvalue weighted by molar-refractivity contribution is 6.65. The molecule has 10 heteroatoms. The lowest BCUT2D eigenvalue weighted by atomic mass is 9.88. The van der Waals surface area contributed by atoms with Crippen LogP contribution in [0.4, 0.5) is 0 Å². The molecule has 0 saturated carbocycles. The molecule has 0 heterocycles. The lowest BCUT2D eigenvalue weighted by Crippen LogP contribution is -2.70. The molecule has 0 radical (unpaired) electrons. The van der Waals surface area contributed by atoms with Crippen LogP contribution in [0.25, 0.3) is 0 Å². The van der Waals surface area contributed by atoms with Crippen molar-refractivity contribution in [2.75, 3.05) is 46.2 Å². The maximum atomic E-state index is 7.47. The summed E-state index contributed by atoms with van der Waals surface area (Å²) in [6.45, 7) is 20.4. The first-order valence-corrected chi connectivity index (χ1v) is 18.2. The Balaban J connectivity index is 6.91. The van der Waals surface area contributed by atoms with Crippen LogP contribution in [-0.2, 0) is 26.6 Å². The minimum atomic E-state index is -3.25. The first-order chi connectivity index (χ1) is 17.3. The van der Waals surface area contributed by atoms with Crippen LogP contribution in [0.3, 0.4) is 0 Å². The first kappa shape index (κ1) is 36.1. The van der Waals surface area contributed by atoms with Crippen molar-refractivity contribution >= 4 is 17.6 Å². The van der Waals surface area contributed by atoms with Crippen molar-refractivity contribution < 1.29 is 26.6 Å². The fourth-order valence-electron chi connectivity index (χ4n) is 4.77. The maximum absolute atomic E-state index is 7.47. The zero-order valence-electron chi connectivity index (χ0n) is 24.9. The summed E-state index contributed by atoms with van der Waals surface area (Å²) < 4.78 is 39.5. The maximum Gasteiger partial charge on any atom is 0.506 e. The standard InChI is InChI=1S/C26H60N2O6Si2/c1-9-17-29-35(30-18-10-2,31-19-11-3)24(15-7)26(28,23-27)25(16-8)36(32-20-12-4,33-21-13-5)34-22-14-6/h24-25H,9-23,27-28H2,1-8H3. The molecule has 36 heavy (non-hydrogen) atoms. The van der Waals surface area contributed by atoms with E-state index in [-0.39, 0.29) is 17.6 Å². The van der Waals surface area contributed by atoms with E-state index >= 15 is 0 Å². The quantitative estimate of drug-likeness (QED) is 0.140. The molecule has 0 amide bonds. The van der Waals surface area contributed by atoms with Crippen LogP contribution >= 0.6 is 0 Å². The number of hydrogen-bond acceptors (Lipinski definition) is 8. The van der Waals surface area contributed by atoms with Crippen molar-refractivity contribution in [1.29, 1.82) is 0 Å². The van der Waals surface area contributed by atoms with Crippen molar-refractivity contribution in [3.05, 3.63) is 0 Å². The number of rotatable bonds is 25. The van der Waals surface area contributed by atoms with Gasteiger partial charge < -0.3 is 38.0 Å². The normalized spacial score (nSPS) is 16.2. The van der Waals surface area contributed by atoms with E-state index in [0.29, 0.717) is 52.5 Å². The summed E-state index contributed by atoms with van der Waals surface area (Å²) in [5.74, 6) is 0. The predicted octanol–water partition coefficient (Wildman–Crippen LogP) is 5.64. The summed E-state index contributed by atoms with van der Waals surface area (Å²) in [6, 6.07) is 0. The molecule has 4 N–H and O–H groups in total. The molecule has 218 valence electrons. The third-order valence-electron chi connectivity index (χ3n) is 6.37. The lowest BCUT2D eigenvalue weighted by molar-refractivity contribution is 0.0215. The lowest BCUT2D eigenvalue weighted by Gasteiger charge is -2.51. The van der Waals surface area contributed by atoms with Crippen molar-refractivity contribution in [1.82, 2.24) is 0 Å². The van der Waals surface area contributed by atoms with Gasteiger partial charge in [-0.05, 0) is 51.4 Å². The third kappa shape index (κ3) is 10.0. The average molecular weight is 553 g/mol. The monoisotopic (exact) mass is 552 g/mol. The first-order valence-electron chi connectivity index (χ1n) is 14.6. The summed E-state index contributed by atoms with van der Waals surface area (Å²) in [5, 5.41) is 0. The smallest absolute Gasteiger partial charge is 0.373 e. The third-order valence-corrected chi connectivity index (χ3v) is 13.6. The molecule has 0 spiro atoms. The van der Waals surface area contributed by atoms with Crippen molar-refractivity contribution in [3.8, 4) is 0 Å². The highest BCUT2D eigenvalue weighted by Gasteiger charge is 2.65. The summed E-state index contributed by atoms with van der Waals surface area (Å²) >= 11 is 0. The fourth-order valence-corrected chi connectivity index (χ4v) is 12.5. The van der Waals surface area contributed by atoms with Crippen LogP contribution in [0.1, 0.15) is 107 Å². The zero-order valence-corrected chi connectivity index (χ0v) is 26.9. The van der Waals surface area contributed by atoms with Crippen molar-refractivity contribution in [2.45, 2.75) is 123 Å². The van der Waals surface area contributed by atoms with Gasteiger partial charge in [-0.1, -0.05) is 55.4 Å². The molecule has 0 aromatic rings. The summed E-state index contributed by atoms with van der Waals surface area (Å²) in [4.78, 5) is 0. The van der Waals surface area contributed by atoms with E-state index in [2.05, 4.69) is 55.4 Å². The number of nitrogens with two attached hydrogens (primary N) is 2. The van der Waals surface area contributed by atoms with E-state index in [4.69, 9.17) is 38.0 Å². The zero-order chi connectivity index (χ0) is 27.5. The second-order valence-electron chi connectivity index (χ2n) is 9.54. The van der Waals surface area contributed by atoms with Crippen LogP contribution in [0.5, 0.6) is 0 Å². The molecule has 0 fully saturated rings. The van der Waals surface area contributed by atoms with Gasteiger partial charge >= 0.3 is 17.6 Å². The van der Waals surface area contributed by atoms with Gasteiger partial charge in [-0.3, -0.25) is 0 Å². The fraction of sp³-hybridized carbons (Fsp3) is 1.00. The van der Waals surface area contributed by atoms with E-state index in [9.17, 15) is 0 Å². The Kier molecular flexibility index (Phi) is 20.1. The molecule has 0 aliphatic rings. The second-order valence-corrected chi connectivity index (χ2v) is 15.1. The van der Waals surface area contributed by atoms with Gasteiger partial charge in [0.2, 0.25) is 0 Å². The van der Waals surface area contributed by atoms with Gasteiger partial charge in [0.15, 0.2) is 0 Å². The van der Waals surface area contributed by atoms with Gasteiger partial charge in [0, 0.05) is 62.8 Å². The molecule has 0 aromatic heterocycles. The van der Waals surface area contributed by atoms with Gasteiger partial charge in [0.05, 0.1) is 0 Å². The SMILES string of the molecule is CCCO[Si](OCCC)(OCCC)C(CC)C(N)(CN)C(CC)[Si](OCCC)(OCCC)OCCC.